The van der Waals surface area contributed by atoms with Crippen molar-refractivity contribution in [2.75, 3.05) is 26.7 Å². The summed E-state index contributed by atoms with van der Waals surface area (Å²) in [4.78, 5) is 27.0. The van der Waals surface area contributed by atoms with Gasteiger partial charge in [0.15, 0.2) is 0 Å². The Morgan fingerprint density at radius 3 is 2.72 bits per heavy atom. The van der Waals surface area contributed by atoms with Crippen LogP contribution in [0.15, 0.2) is 36.4 Å². The molecule has 0 radical (unpaired) electrons. The zero-order valence-corrected chi connectivity index (χ0v) is 17.3. The van der Waals surface area contributed by atoms with Crippen LogP contribution >= 0.6 is 0 Å². The topological polar surface area (TPSA) is 84.7 Å². The first kappa shape index (κ1) is 21.1. The molecule has 6 nitrogen and oxygen atoms in total. The average Bonchev–Trinajstić information content (AvgIpc) is 2.76. The van der Waals surface area contributed by atoms with Gasteiger partial charge in [0.2, 0.25) is 11.8 Å². The third kappa shape index (κ3) is 5.07. The van der Waals surface area contributed by atoms with Crippen molar-refractivity contribution in [1.82, 2.24) is 10.2 Å². The molecule has 156 valence electrons. The van der Waals surface area contributed by atoms with Gasteiger partial charge in [0.05, 0.1) is 13.0 Å². The van der Waals surface area contributed by atoms with Gasteiger partial charge in [0, 0.05) is 32.1 Å². The Balaban J connectivity index is 1.73. The Hall–Kier alpha value is -2.60. The summed E-state index contributed by atoms with van der Waals surface area (Å²) >= 11 is 0. The van der Waals surface area contributed by atoms with E-state index in [-0.39, 0.29) is 23.8 Å². The maximum Gasteiger partial charge on any atom is 0.230 e. The second-order valence-corrected chi connectivity index (χ2v) is 7.72. The van der Waals surface area contributed by atoms with Gasteiger partial charge in [0.25, 0.3) is 0 Å². The number of piperidine rings is 1. The number of hydrogen-bond donors (Lipinski definition) is 2. The van der Waals surface area contributed by atoms with Gasteiger partial charge in [-0.25, -0.2) is 0 Å². The highest BCUT2D eigenvalue weighted by Gasteiger charge is 2.30. The van der Waals surface area contributed by atoms with Crippen molar-refractivity contribution in [3.8, 4) is 5.75 Å². The number of carbonyl (C=O) groups is 2. The molecule has 2 atom stereocenters. The summed E-state index contributed by atoms with van der Waals surface area (Å²) in [6.07, 6.45) is 3.31. The lowest BCUT2D eigenvalue weighted by atomic mass is 9.94. The molecule has 2 aromatic carbocycles. The fraction of sp³-hybridized carbons (Fsp3) is 0.478. The molecular weight excluding hydrogens is 366 g/mol. The standard InChI is InChI=1S/C23H31N3O3/c1-16(17-6-7-19-14-21(29-2)9-8-18(19)13-17)23(28)26-12-4-3-5-20(26)15-25-22(27)10-11-24/h6-9,13-14,16,20H,3-5,10-12,15,24H2,1-2H3,(H,25,27). The molecule has 3 rings (SSSR count). The van der Waals surface area contributed by atoms with Gasteiger partial charge < -0.3 is 20.7 Å². The molecule has 1 aliphatic rings. The summed E-state index contributed by atoms with van der Waals surface area (Å²) in [6, 6.07) is 12.1. The van der Waals surface area contributed by atoms with Crippen molar-refractivity contribution in [2.24, 2.45) is 5.73 Å². The van der Waals surface area contributed by atoms with Gasteiger partial charge in [-0.15, -0.1) is 0 Å². The van der Waals surface area contributed by atoms with E-state index in [1.807, 2.05) is 42.2 Å². The SMILES string of the molecule is COc1ccc2cc(C(C)C(=O)N3CCCCC3CNC(=O)CCN)ccc2c1. The quantitative estimate of drug-likeness (QED) is 0.752. The summed E-state index contributed by atoms with van der Waals surface area (Å²) < 4.78 is 5.29. The van der Waals surface area contributed by atoms with Crippen molar-refractivity contribution in [2.45, 2.75) is 44.6 Å². The summed E-state index contributed by atoms with van der Waals surface area (Å²) in [5.41, 5.74) is 6.44. The second-order valence-electron chi connectivity index (χ2n) is 7.72. The first-order valence-electron chi connectivity index (χ1n) is 10.4. The highest BCUT2D eigenvalue weighted by molar-refractivity contribution is 5.88. The average molecular weight is 398 g/mol. The summed E-state index contributed by atoms with van der Waals surface area (Å²) in [6.45, 7) is 3.54. The Morgan fingerprint density at radius 1 is 1.21 bits per heavy atom. The molecule has 1 fully saturated rings. The molecule has 0 saturated carbocycles. The third-order valence-electron chi connectivity index (χ3n) is 5.76. The molecule has 29 heavy (non-hydrogen) atoms. The van der Waals surface area contributed by atoms with Crippen LogP contribution < -0.4 is 15.8 Å². The molecule has 3 N–H and O–H groups in total. The van der Waals surface area contributed by atoms with Crippen LogP contribution in [0.25, 0.3) is 10.8 Å². The number of rotatable bonds is 7. The van der Waals surface area contributed by atoms with Crippen LogP contribution in [-0.4, -0.2) is 49.5 Å². The van der Waals surface area contributed by atoms with E-state index in [1.54, 1.807) is 7.11 Å². The van der Waals surface area contributed by atoms with Gasteiger partial charge in [-0.1, -0.05) is 24.3 Å². The molecule has 0 bridgehead atoms. The predicted molar refractivity (Wildman–Crippen MR) is 115 cm³/mol. The maximum absolute atomic E-state index is 13.3. The molecule has 1 aliphatic heterocycles. The normalized spacial score (nSPS) is 17.8. The number of ether oxygens (including phenoxy) is 1. The molecular formula is C23H31N3O3. The van der Waals surface area contributed by atoms with Crippen LogP contribution in [0.5, 0.6) is 5.75 Å². The van der Waals surface area contributed by atoms with Crippen molar-refractivity contribution in [3.05, 3.63) is 42.0 Å². The Bertz CT molecular complexity index is 868. The third-order valence-corrected chi connectivity index (χ3v) is 5.76. The molecule has 0 aliphatic carbocycles. The fourth-order valence-electron chi connectivity index (χ4n) is 3.98. The highest BCUT2D eigenvalue weighted by atomic mass is 16.5. The Labute approximate surface area is 172 Å². The van der Waals surface area contributed by atoms with Crippen molar-refractivity contribution >= 4 is 22.6 Å². The second kappa shape index (κ2) is 9.74. The number of likely N-dealkylation sites (tertiary alicyclic amines) is 1. The van der Waals surface area contributed by atoms with Gasteiger partial charge in [0.1, 0.15) is 5.75 Å². The number of nitrogens with two attached hydrogens (primary N) is 1. The summed E-state index contributed by atoms with van der Waals surface area (Å²) in [7, 11) is 1.66. The van der Waals surface area contributed by atoms with E-state index >= 15 is 0 Å². The van der Waals surface area contributed by atoms with E-state index < -0.39 is 0 Å². The number of carbonyl (C=O) groups excluding carboxylic acids is 2. The van der Waals surface area contributed by atoms with E-state index in [0.717, 1.165) is 47.9 Å². The minimum atomic E-state index is -0.234. The van der Waals surface area contributed by atoms with Crippen LogP contribution in [0, 0.1) is 0 Å². The van der Waals surface area contributed by atoms with E-state index in [2.05, 4.69) is 11.4 Å². The molecule has 2 unspecified atom stereocenters. The van der Waals surface area contributed by atoms with Crippen molar-refractivity contribution in [1.29, 1.82) is 0 Å². The lowest BCUT2D eigenvalue weighted by Gasteiger charge is -2.37. The van der Waals surface area contributed by atoms with Crippen LogP contribution in [0.4, 0.5) is 0 Å². The predicted octanol–water partition coefficient (Wildman–Crippen LogP) is 2.80. The molecule has 2 aromatic rings. The highest BCUT2D eigenvalue weighted by Crippen LogP contribution is 2.28. The molecule has 2 amide bonds. The lowest BCUT2D eigenvalue weighted by Crippen LogP contribution is -2.50. The Morgan fingerprint density at radius 2 is 1.97 bits per heavy atom. The van der Waals surface area contributed by atoms with E-state index in [0.29, 0.717) is 19.5 Å². The van der Waals surface area contributed by atoms with Crippen LogP contribution in [-0.2, 0) is 9.59 Å². The number of nitrogens with one attached hydrogen (secondary N) is 1. The number of fused-ring (bicyclic) bond motifs is 1. The first-order valence-corrected chi connectivity index (χ1v) is 10.4. The number of hydrogen-bond acceptors (Lipinski definition) is 4. The van der Waals surface area contributed by atoms with E-state index in [4.69, 9.17) is 10.5 Å². The van der Waals surface area contributed by atoms with Crippen molar-refractivity contribution in [3.63, 3.8) is 0 Å². The monoisotopic (exact) mass is 397 g/mol. The minimum Gasteiger partial charge on any atom is -0.497 e. The maximum atomic E-state index is 13.3. The smallest absolute Gasteiger partial charge is 0.230 e. The van der Waals surface area contributed by atoms with E-state index in [9.17, 15) is 9.59 Å². The number of methoxy groups -OCH3 is 1. The molecule has 6 heteroatoms. The summed E-state index contributed by atoms with van der Waals surface area (Å²) in [5.74, 6) is 0.656. The number of amides is 2. The molecule has 1 saturated heterocycles. The molecule has 1 heterocycles. The van der Waals surface area contributed by atoms with Crippen molar-refractivity contribution < 1.29 is 14.3 Å². The largest absolute Gasteiger partial charge is 0.497 e. The van der Waals surface area contributed by atoms with Crippen LogP contribution in [0.3, 0.4) is 0 Å². The number of nitrogens with zero attached hydrogens (tertiary/aromatic N) is 1. The lowest BCUT2D eigenvalue weighted by molar-refractivity contribution is -0.136. The molecule has 0 spiro atoms. The van der Waals surface area contributed by atoms with Gasteiger partial charge >= 0.3 is 0 Å². The molecule has 0 aromatic heterocycles. The van der Waals surface area contributed by atoms with Crippen LogP contribution in [0.1, 0.15) is 44.1 Å². The zero-order chi connectivity index (χ0) is 20.8. The first-order chi connectivity index (χ1) is 14.0. The van der Waals surface area contributed by atoms with Gasteiger partial charge in [-0.05, 0) is 54.7 Å². The Kier molecular flexibility index (Phi) is 7.09. The fourth-order valence-corrected chi connectivity index (χ4v) is 3.98. The summed E-state index contributed by atoms with van der Waals surface area (Å²) in [5, 5.41) is 5.11. The number of benzene rings is 2. The minimum absolute atomic E-state index is 0.0464. The van der Waals surface area contributed by atoms with Gasteiger partial charge in [-0.2, -0.15) is 0 Å². The van der Waals surface area contributed by atoms with E-state index in [1.165, 1.54) is 0 Å². The van der Waals surface area contributed by atoms with Crippen LogP contribution in [0.2, 0.25) is 0 Å². The zero-order valence-electron chi connectivity index (χ0n) is 17.3. The van der Waals surface area contributed by atoms with Gasteiger partial charge in [-0.3, -0.25) is 9.59 Å².